The third kappa shape index (κ3) is 13.6. The van der Waals surface area contributed by atoms with Crippen LogP contribution >= 0.6 is 0 Å². The molecule has 1 aliphatic rings. The molecule has 0 aromatic heterocycles. The summed E-state index contributed by atoms with van der Waals surface area (Å²) in [6.45, 7) is 27.3. The predicted octanol–water partition coefficient (Wildman–Crippen LogP) is 8.77. The van der Waals surface area contributed by atoms with E-state index in [4.69, 9.17) is 0 Å². The summed E-state index contributed by atoms with van der Waals surface area (Å²) < 4.78 is 75.6. The van der Waals surface area contributed by atoms with Crippen LogP contribution in [0.1, 0.15) is 142 Å². The standard InChI is InChI=1S/C23H29.C15H8F6.C12H19.2ClH.Zr/c1-14-9-16-11-17-10-15(2)21(23(6,7)8)13-19(17)18(16)12-20(14)22(3,4)5;16-14(17,18)12-5-1-10(2-6-12)9-11-3-7-13(8-4-11)15(19,20)21;1-5-6-10-7-8-11(9-10)12(2,3)4;;;/h9,12-13H,11H2,1-8H3;1-8H;7-9H,5-6H2,1-4H3;2*1H;/q-1;;-1;;;+2/p-2. The van der Waals surface area contributed by atoms with Crippen LogP contribution in [0.15, 0.2) is 84.9 Å². The van der Waals surface area contributed by atoms with Gasteiger partial charge in [-0.3, -0.25) is 0 Å². The van der Waals surface area contributed by atoms with Gasteiger partial charge in [-0.05, 0) is 35.4 Å². The van der Waals surface area contributed by atoms with E-state index in [1.807, 2.05) is 0 Å². The molecule has 0 unspecified atom stereocenters. The Morgan fingerprint density at radius 3 is 1.47 bits per heavy atom. The van der Waals surface area contributed by atoms with Crippen molar-refractivity contribution in [3.63, 3.8) is 0 Å². The van der Waals surface area contributed by atoms with Gasteiger partial charge >= 0.3 is 137 Å². The van der Waals surface area contributed by atoms with Gasteiger partial charge in [0.1, 0.15) is 0 Å². The van der Waals surface area contributed by atoms with Crippen molar-refractivity contribution in [2.24, 2.45) is 0 Å². The van der Waals surface area contributed by atoms with Crippen LogP contribution in [0.25, 0.3) is 11.1 Å². The van der Waals surface area contributed by atoms with Gasteiger partial charge in [0.05, 0.1) is 0 Å². The molecular weight excluding hydrogens is 877 g/mol. The summed E-state index contributed by atoms with van der Waals surface area (Å²) in [7, 11) is 0. The first kappa shape index (κ1) is 52.3. The van der Waals surface area contributed by atoms with E-state index >= 15 is 0 Å². The van der Waals surface area contributed by atoms with E-state index in [-0.39, 0.29) is 35.6 Å². The van der Waals surface area contributed by atoms with Crippen LogP contribution in [0.2, 0.25) is 0 Å². The quantitative estimate of drug-likeness (QED) is 0.123. The van der Waals surface area contributed by atoms with E-state index in [1.54, 1.807) is 0 Å². The average Bonchev–Trinajstić information content (AvgIpc) is 3.70. The van der Waals surface area contributed by atoms with Crippen LogP contribution in [-0.4, -0.2) is 3.21 Å². The predicted molar refractivity (Wildman–Crippen MR) is 221 cm³/mol. The molecule has 0 fully saturated rings. The largest absolute Gasteiger partial charge is 1.00 e. The summed E-state index contributed by atoms with van der Waals surface area (Å²) >= 11 is 0.898. The molecule has 0 saturated heterocycles. The zero-order valence-electron chi connectivity index (χ0n) is 36.2. The number of aryl methyl sites for hydroxylation is 3. The van der Waals surface area contributed by atoms with E-state index in [9.17, 15) is 26.3 Å². The minimum atomic E-state index is -4.41. The maximum absolute atomic E-state index is 12.5. The van der Waals surface area contributed by atoms with Crippen LogP contribution in [-0.2, 0) is 65.7 Å². The van der Waals surface area contributed by atoms with Gasteiger partial charge in [-0.1, -0.05) is 118 Å². The minimum Gasteiger partial charge on any atom is -1.00 e. The average molecular weight is 933 g/mol. The second kappa shape index (κ2) is 19.9. The van der Waals surface area contributed by atoms with E-state index in [1.165, 1.54) is 92.7 Å². The molecule has 0 amide bonds. The Morgan fingerprint density at radius 2 is 1.08 bits per heavy atom. The topological polar surface area (TPSA) is 0 Å². The van der Waals surface area contributed by atoms with Crippen molar-refractivity contribution in [1.29, 1.82) is 0 Å². The van der Waals surface area contributed by atoms with Crippen LogP contribution in [0.5, 0.6) is 0 Å². The van der Waals surface area contributed by atoms with Crippen molar-refractivity contribution in [3.05, 3.63) is 158 Å². The van der Waals surface area contributed by atoms with Crippen molar-refractivity contribution in [2.75, 3.05) is 0 Å². The molecule has 0 bridgehead atoms. The fourth-order valence-electron chi connectivity index (χ4n) is 7.24. The molecule has 318 valence electrons. The Labute approximate surface area is 376 Å². The Balaban J connectivity index is 0.000000314. The molecule has 0 atom stereocenters. The molecule has 1 aliphatic carbocycles. The molecule has 5 aromatic carbocycles. The smallest absolute Gasteiger partial charge is 1.00 e. The van der Waals surface area contributed by atoms with E-state index in [0.717, 1.165) is 54.9 Å². The van der Waals surface area contributed by atoms with Gasteiger partial charge in [0.15, 0.2) is 0 Å². The molecule has 0 N–H and O–H groups in total. The number of halogens is 8. The normalized spacial score (nSPS) is 12.5. The molecule has 59 heavy (non-hydrogen) atoms. The molecule has 0 aliphatic heterocycles. The maximum Gasteiger partial charge on any atom is -1.00 e. The van der Waals surface area contributed by atoms with Crippen molar-refractivity contribution in [3.8, 4) is 11.1 Å². The molecule has 0 radical (unpaired) electrons. The SMILES string of the molecule is CCCc1cc(C(C)(C)C)c[cH-]1.Cc1[c-]c2c(cc1C(C)(C)C)-c1cc(C(C)(C)C)c(C)cc1C2.FC(F)(F)c1ccc([C](=[Zr+2])c2ccc(C(F)(F)F)cc2)cc1.[Cl-].[Cl-]. The minimum absolute atomic E-state index is 0. The van der Waals surface area contributed by atoms with Crippen molar-refractivity contribution in [2.45, 2.75) is 131 Å². The summed E-state index contributed by atoms with van der Waals surface area (Å²) in [4.78, 5) is 0. The molecule has 0 nitrogen and oxygen atoms in total. The summed E-state index contributed by atoms with van der Waals surface area (Å²) in [5.41, 5.74) is 14.5. The van der Waals surface area contributed by atoms with E-state index in [2.05, 4.69) is 126 Å². The van der Waals surface area contributed by atoms with E-state index in [0.29, 0.717) is 19.7 Å². The first-order valence-corrected chi connectivity index (χ1v) is 20.7. The summed E-state index contributed by atoms with van der Waals surface area (Å²) in [5, 5.41) is 0. The Bertz CT molecular complexity index is 2040. The fourth-order valence-corrected chi connectivity index (χ4v) is 8.06. The van der Waals surface area contributed by atoms with Gasteiger partial charge < -0.3 is 24.8 Å². The molecule has 5 aromatic rings. The van der Waals surface area contributed by atoms with E-state index < -0.39 is 23.5 Å². The van der Waals surface area contributed by atoms with Crippen LogP contribution in [0.3, 0.4) is 0 Å². The summed E-state index contributed by atoms with van der Waals surface area (Å²) in [5.74, 6) is 0. The van der Waals surface area contributed by atoms with Gasteiger partial charge in [0.25, 0.3) is 0 Å². The Hall–Kier alpha value is -2.86. The molecule has 0 heterocycles. The Morgan fingerprint density at radius 1 is 0.627 bits per heavy atom. The van der Waals surface area contributed by atoms with Gasteiger partial charge in [-0.25, -0.2) is 6.07 Å². The number of alkyl halides is 6. The third-order valence-corrected chi connectivity index (χ3v) is 11.7. The van der Waals surface area contributed by atoms with Crippen LogP contribution in [0, 0.1) is 19.9 Å². The van der Waals surface area contributed by atoms with Crippen molar-refractivity contribution < 1.29 is 75.4 Å². The summed E-state index contributed by atoms with van der Waals surface area (Å²) in [6, 6.07) is 26.9. The second-order valence-electron chi connectivity index (χ2n) is 18.2. The van der Waals surface area contributed by atoms with Gasteiger partial charge in [0.2, 0.25) is 0 Å². The molecular formula is C50H56Cl2F6Zr-2. The first-order chi connectivity index (χ1) is 26.1. The zero-order chi connectivity index (χ0) is 42.9. The number of benzene rings is 4. The van der Waals surface area contributed by atoms with Gasteiger partial charge in [-0.15, -0.1) is 16.7 Å². The number of hydrogen-bond acceptors (Lipinski definition) is 0. The molecule has 0 saturated carbocycles. The van der Waals surface area contributed by atoms with Crippen LogP contribution < -0.4 is 24.8 Å². The second-order valence-corrected chi connectivity index (χ2v) is 19.5. The number of hydrogen-bond donors (Lipinski definition) is 0. The van der Waals surface area contributed by atoms with Gasteiger partial charge in [-0.2, -0.15) is 41.0 Å². The summed E-state index contributed by atoms with van der Waals surface area (Å²) in [6.07, 6.45) is -5.33. The van der Waals surface area contributed by atoms with Crippen molar-refractivity contribution in [1.82, 2.24) is 0 Å². The molecule has 0 spiro atoms. The molecule has 9 heteroatoms. The van der Waals surface area contributed by atoms with Crippen LogP contribution in [0.4, 0.5) is 26.3 Å². The number of fused-ring (bicyclic) bond motifs is 3. The van der Waals surface area contributed by atoms with Gasteiger partial charge in [0, 0.05) is 0 Å². The fraction of sp³-hybridized carbons (Fsp3) is 0.400. The first-order valence-electron chi connectivity index (χ1n) is 19.5. The zero-order valence-corrected chi connectivity index (χ0v) is 40.2. The number of rotatable bonds is 4. The van der Waals surface area contributed by atoms with Crippen molar-refractivity contribution >= 4 is 3.21 Å². The Kier molecular flexibility index (Phi) is 17.6. The monoisotopic (exact) mass is 930 g/mol. The molecule has 6 rings (SSSR count). The maximum atomic E-state index is 12.5. The third-order valence-electron chi connectivity index (χ3n) is 10.3.